The highest BCUT2D eigenvalue weighted by Gasteiger charge is 2.21. The van der Waals surface area contributed by atoms with Crippen LogP contribution in [0.15, 0.2) is 243 Å². The Balaban J connectivity index is 0.963. The number of nitrogens with zero attached hydrogens (tertiary/aromatic N) is 2. The molecule has 302 valence electrons. The molecule has 0 saturated heterocycles. The molecule has 0 atom stereocenters. The standard InChI is InChI=1S/C62H44N2/c1-3-23-53-44(15-1)17-13-28-55(53)48-20-11-19-47(41-48)43-33-37-50(38-34-43)63(52-22-12-21-49(42-52)56-29-14-18-45-16-2-4-24-54(45)56)60-30-8-5-25-57(60)46-35-39-51(40-36-46)64-61-31-9-6-26-58(61)59-27-7-10-32-62(59)64/h1-13,15-17,19-42H,14,18H2. The summed E-state index contributed by atoms with van der Waals surface area (Å²) in [7, 11) is 0. The fourth-order valence-electron chi connectivity index (χ4n) is 10.0. The minimum Gasteiger partial charge on any atom is -0.310 e. The largest absolute Gasteiger partial charge is 0.310 e. The Morgan fingerprint density at radius 3 is 1.77 bits per heavy atom. The van der Waals surface area contributed by atoms with Gasteiger partial charge < -0.3 is 9.47 Å². The third-order valence-electron chi connectivity index (χ3n) is 13.1. The Morgan fingerprint density at radius 1 is 0.359 bits per heavy atom. The minimum atomic E-state index is 1.04. The van der Waals surface area contributed by atoms with E-state index in [0.717, 1.165) is 46.7 Å². The molecule has 64 heavy (non-hydrogen) atoms. The summed E-state index contributed by atoms with van der Waals surface area (Å²) in [5.41, 5.74) is 19.3. The topological polar surface area (TPSA) is 8.17 Å². The van der Waals surface area contributed by atoms with Gasteiger partial charge in [0.1, 0.15) is 0 Å². The van der Waals surface area contributed by atoms with Gasteiger partial charge in [0.15, 0.2) is 0 Å². The zero-order valence-corrected chi connectivity index (χ0v) is 35.4. The lowest BCUT2D eigenvalue weighted by atomic mass is 9.87. The fourth-order valence-corrected chi connectivity index (χ4v) is 10.0. The maximum absolute atomic E-state index is 2.44. The number of anilines is 3. The Bertz CT molecular complexity index is 3490. The van der Waals surface area contributed by atoms with Crippen LogP contribution >= 0.6 is 0 Å². The van der Waals surface area contributed by atoms with Crippen molar-refractivity contribution in [1.29, 1.82) is 0 Å². The van der Waals surface area contributed by atoms with Crippen LogP contribution in [0, 0.1) is 0 Å². The molecule has 0 fully saturated rings. The quantitative estimate of drug-likeness (QED) is 0.148. The number of hydrogen-bond donors (Lipinski definition) is 0. The third-order valence-corrected chi connectivity index (χ3v) is 13.1. The van der Waals surface area contributed by atoms with E-state index in [1.54, 1.807) is 0 Å². The van der Waals surface area contributed by atoms with E-state index in [0.29, 0.717) is 0 Å². The Kier molecular flexibility index (Phi) is 9.34. The van der Waals surface area contributed by atoms with E-state index in [2.05, 4.69) is 252 Å². The number of aromatic nitrogens is 1. The molecule has 1 aliphatic carbocycles. The van der Waals surface area contributed by atoms with Crippen LogP contribution in [0.1, 0.15) is 23.1 Å². The molecule has 0 spiro atoms. The van der Waals surface area contributed by atoms with Gasteiger partial charge in [-0.05, 0) is 134 Å². The molecule has 2 nitrogen and oxygen atoms in total. The van der Waals surface area contributed by atoms with Crippen molar-refractivity contribution in [1.82, 2.24) is 4.57 Å². The molecule has 11 aromatic rings. The predicted molar refractivity (Wildman–Crippen MR) is 271 cm³/mol. The third kappa shape index (κ3) is 6.60. The Morgan fingerprint density at radius 2 is 0.953 bits per heavy atom. The number of para-hydroxylation sites is 3. The number of hydrogen-bond acceptors (Lipinski definition) is 1. The molecule has 12 rings (SSSR count). The molecule has 0 bridgehead atoms. The molecule has 1 heterocycles. The lowest BCUT2D eigenvalue weighted by Crippen LogP contribution is -2.12. The first-order valence-corrected chi connectivity index (χ1v) is 22.3. The molecular formula is C62H44N2. The molecule has 2 heteroatoms. The van der Waals surface area contributed by atoms with Gasteiger partial charge >= 0.3 is 0 Å². The molecule has 0 amide bonds. The van der Waals surface area contributed by atoms with E-state index in [1.165, 1.54) is 77.1 Å². The van der Waals surface area contributed by atoms with Crippen molar-refractivity contribution in [2.75, 3.05) is 4.90 Å². The van der Waals surface area contributed by atoms with Crippen LogP contribution in [0.3, 0.4) is 0 Å². The minimum absolute atomic E-state index is 1.04. The maximum Gasteiger partial charge on any atom is 0.0541 e. The van der Waals surface area contributed by atoms with Gasteiger partial charge in [0.25, 0.3) is 0 Å². The molecule has 0 saturated carbocycles. The predicted octanol–water partition coefficient (Wildman–Crippen LogP) is 16.8. The van der Waals surface area contributed by atoms with E-state index in [9.17, 15) is 0 Å². The Hall–Kier alpha value is -8.20. The van der Waals surface area contributed by atoms with Crippen LogP contribution < -0.4 is 4.90 Å². The summed E-state index contributed by atoms with van der Waals surface area (Å²) in [5, 5.41) is 5.05. The molecule has 1 aromatic heterocycles. The van der Waals surface area contributed by atoms with Gasteiger partial charge in [-0.1, -0.05) is 182 Å². The molecule has 0 unspecified atom stereocenters. The zero-order valence-electron chi connectivity index (χ0n) is 35.4. The Labute approximate surface area is 374 Å². The van der Waals surface area contributed by atoms with Crippen molar-refractivity contribution >= 4 is 55.2 Å². The molecule has 0 radical (unpaired) electrons. The summed E-state index contributed by atoms with van der Waals surface area (Å²) in [6.45, 7) is 0. The summed E-state index contributed by atoms with van der Waals surface area (Å²) in [5.74, 6) is 0. The van der Waals surface area contributed by atoms with E-state index >= 15 is 0 Å². The second-order valence-electron chi connectivity index (χ2n) is 16.8. The van der Waals surface area contributed by atoms with Crippen LogP contribution in [-0.2, 0) is 6.42 Å². The molecule has 0 N–H and O–H groups in total. The van der Waals surface area contributed by atoms with E-state index < -0.39 is 0 Å². The molecule has 1 aliphatic rings. The van der Waals surface area contributed by atoms with Crippen LogP contribution in [0.4, 0.5) is 17.1 Å². The summed E-state index contributed by atoms with van der Waals surface area (Å²) in [4.78, 5) is 2.44. The first kappa shape index (κ1) is 37.6. The highest BCUT2D eigenvalue weighted by molar-refractivity contribution is 6.09. The summed E-state index contributed by atoms with van der Waals surface area (Å²) < 4.78 is 2.38. The van der Waals surface area contributed by atoms with E-state index in [4.69, 9.17) is 0 Å². The molecule has 10 aromatic carbocycles. The normalized spacial score (nSPS) is 12.3. The first-order valence-electron chi connectivity index (χ1n) is 22.3. The monoisotopic (exact) mass is 816 g/mol. The lowest BCUT2D eigenvalue weighted by Gasteiger charge is -2.29. The highest BCUT2D eigenvalue weighted by atomic mass is 15.1. The van der Waals surface area contributed by atoms with Gasteiger partial charge in [-0.25, -0.2) is 0 Å². The number of aryl methyl sites for hydroxylation is 1. The number of fused-ring (bicyclic) bond motifs is 5. The van der Waals surface area contributed by atoms with Crippen molar-refractivity contribution in [3.05, 3.63) is 259 Å². The van der Waals surface area contributed by atoms with Crippen LogP contribution in [0.25, 0.3) is 77.2 Å². The summed E-state index contributed by atoms with van der Waals surface area (Å²) in [6.07, 6.45) is 4.53. The van der Waals surface area contributed by atoms with Gasteiger partial charge in [0.2, 0.25) is 0 Å². The van der Waals surface area contributed by atoms with Gasteiger partial charge in [-0.2, -0.15) is 0 Å². The lowest BCUT2D eigenvalue weighted by molar-refractivity contribution is 0.977. The first-order chi connectivity index (χ1) is 31.7. The number of rotatable bonds is 8. The smallest absolute Gasteiger partial charge is 0.0541 e. The van der Waals surface area contributed by atoms with E-state index in [1.807, 2.05) is 0 Å². The van der Waals surface area contributed by atoms with Crippen molar-refractivity contribution in [3.8, 4) is 39.1 Å². The van der Waals surface area contributed by atoms with Crippen LogP contribution in [-0.4, -0.2) is 4.57 Å². The second-order valence-corrected chi connectivity index (χ2v) is 16.8. The average Bonchev–Trinajstić information content (AvgIpc) is 3.71. The van der Waals surface area contributed by atoms with Crippen LogP contribution in [0.5, 0.6) is 0 Å². The second kappa shape index (κ2) is 15.9. The molecule has 0 aliphatic heterocycles. The van der Waals surface area contributed by atoms with E-state index in [-0.39, 0.29) is 0 Å². The van der Waals surface area contributed by atoms with Crippen molar-refractivity contribution in [2.24, 2.45) is 0 Å². The van der Waals surface area contributed by atoms with Gasteiger partial charge in [-0.3, -0.25) is 0 Å². The van der Waals surface area contributed by atoms with Gasteiger partial charge in [0.05, 0.1) is 16.7 Å². The molecular weight excluding hydrogens is 773 g/mol. The van der Waals surface area contributed by atoms with Crippen molar-refractivity contribution in [3.63, 3.8) is 0 Å². The van der Waals surface area contributed by atoms with Crippen molar-refractivity contribution < 1.29 is 0 Å². The average molecular weight is 817 g/mol. The highest BCUT2D eigenvalue weighted by Crippen LogP contribution is 2.44. The zero-order chi connectivity index (χ0) is 42.4. The fraction of sp³-hybridized carbons (Fsp3) is 0.0323. The number of benzene rings is 10. The summed E-state index contributed by atoms with van der Waals surface area (Å²) >= 11 is 0. The van der Waals surface area contributed by atoms with Crippen LogP contribution in [0.2, 0.25) is 0 Å². The van der Waals surface area contributed by atoms with Gasteiger partial charge in [0, 0.05) is 33.4 Å². The number of allylic oxidation sites excluding steroid dienone is 1. The summed E-state index contributed by atoms with van der Waals surface area (Å²) in [6, 6.07) is 86.6. The maximum atomic E-state index is 2.44. The van der Waals surface area contributed by atoms with Gasteiger partial charge in [-0.15, -0.1) is 0 Å². The van der Waals surface area contributed by atoms with Crippen molar-refractivity contribution in [2.45, 2.75) is 12.8 Å². The SMILES string of the molecule is C1=C(c2cccc(N(c3ccc(-c4cccc(-c5cccc6ccccc56)c4)cc3)c3ccccc3-c3ccc(-n4c5ccccc5c5ccccc54)cc3)c2)c2ccccc2CC1.